The first kappa shape index (κ1) is 22.8. The number of ether oxygens (including phenoxy) is 2. The minimum Gasteiger partial charge on any atom is -0.396 e. The van der Waals surface area contributed by atoms with Crippen LogP contribution in [0.2, 0.25) is 0 Å². The Morgan fingerprint density at radius 1 is 0.760 bits per heavy atom. The van der Waals surface area contributed by atoms with Crippen molar-refractivity contribution in [2.45, 2.75) is 94.9 Å². The summed E-state index contributed by atoms with van der Waals surface area (Å²) in [5.74, 6) is 0. The molecule has 7 heteroatoms. The van der Waals surface area contributed by atoms with Gasteiger partial charge in [-0.1, -0.05) is 51.4 Å². The predicted molar refractivity (Wildman–Crippen MR) is 93.0 cm³/mol. The normalized spacial score (nSPS) is 27.7. The van der Waals surface area contributed by atoms with Crippen LogP contribution in [-0.2, 0) is 9.47 Å². The highest BCUT2D eigenvalue weighted by molar-refractivity contribution is 4.90. The number of rotatable bonds is 15. The quantitative estimate of drug-likeness (QED) is 0.271. The Labute approximate surface area is 150 Å². The topological polar surface area (TPSA) is 120 Å². The summed E-state index contributed by atoms with van der Waals surface area (Å²) in [4.78, 5) is 0. The molecule has 1 aliphatic heterocycles. The van der Waals surface area contributed by atoms with Gasteiger partial charge in [0.15, 0.2) is 6.29 Å². The molecule has 0 unspecified atom stereocenters. The minimum absolute atomic E-state index is 0.298. The maximum atomic E-state index is 9.84. The second-order valence-electron chi connectivity index (χ2n) is 6.83. The molecule has 0 saturated carbocycles. The molecule has 0 aromatic rings. The lowest BCUT2D eigenvalue weighted by atomic mass is 10.1. The van der Waals surface area contributed by atoms with E-state index >= 15 is 0 Å². The third-order valence-corrected chi connectivity index (χ3v) is 4.66. The molecular weight excluding hydrogens is 328 g/mol. The van der Waals surface area contributed by atoms with E-state index in [9.17, 15) is 15.3 Å². The van der Waals surface area contributed by atoms with Crippen LogP contribution in [-0.4, -0.2) is 76.1 Å². The van der Waals surface area contributed by atoms with Gasteiger partial charge in [-0.15, -0.1) is 0 Å². The smallest absolute Gasteiger partial charge is 0.186 e. The molecule has 0 radical (unpaired) electrons. The lowest BCUT2D eigenvalue weighted by Gasteiger charge is -2.18. The lowest BCUT2D eigenvalue weighted by molar-refractivity contribution is -0.181. The Bertz CT molecular complexity index is 316. The molecule has 150 valence electrons. The van der Waals surface area contributed by atoms with Gasteiger partial charge in [-0.2, -0.15) is 0 Å². The van der Waals surface area contributed by atoms with Gasteiger partial charge < -0.3 is 35.0 Å². The van der Waals surface area contributed by atoms with E-state index in [1.54, 1.807) is 0 Å². The van der Waals surface area contributed by atoms with E-state index < -0.39 is 37.3 Å². The molecule has 0 amide bonds. The molecule has 0 aliphatic carbocycles. The highest BCUT2D eigenvalue weighted by Gasteiger charge is 2.46. The standard InChI is InChI=1S/C18H36O7/c19-11-9-7-5-3-1-2-4-6-8-10-12-24-18-16(23)15(22)17(25-18)14(21)13-20/h14-23H,1-13H2/t14-,15-,16-,17+,18+/m1/s1. The Hall–Kier alpha value is -0.280. The van der Waals surface area contributed by atoms with Gasteiger partial charge in [0.1, 0.15) is 24.4 Å². The maximum absolute atomic E-state index is 9.84. The summed E-state index contributed by atoms with van der Waals surface area (Å²) in [6.07, 6.45) is 5.50. The monoisotopic (exact) mass is 364 g/mol. The fourth-order valence-corrected chi connectivity index (χ4v) is 3.06. The Morgan fingerprint density at radius 2 is 1.28 bits per heavy atom. The van der Waals surface area contributed by atoms with Crippen molar-refractivity contribution in [2.75, 3.05) is 19.8 Å². The van der Waals surface area contributed by atoms with E-state index in [-0.39, 0.29) is 0 Å². The molecule has 1 aliphatic rings. The van der Waals surface area contributed by atoms with Gasteiger partial charge in [0, 0.05) is 13.2 Å². The highest BCUT2D eigenvalue weighted by atomic mass is 16.7. The van der Waals surface area contributed by atoms with Crippen molar-refractivity contribution < 1.29 is 35.0 Å². The van der Waals surface area contributed by atoms with Crippen molar-refractivity contribution in [3.8, 4) is 0 Å². The lowest BCUT2D eigenvalue weighted by Crippen LogP contribution is -2.40. The van der Waals surface area contributed by atoms with Gasteiger partial charge in [-0.05, 0) is 12.8 Å². The first-order valence-corrected chi connectivity index (χ1v) is 9.64. The predicted octanol–water partition coefficient (Wildman–Crippen LogP) is 0.696. The molecule has 0 bridgehead atoms. The third kappa shape index (κ3) is 8.77. The van der Waals surface area contributed by atoms with E-state index in [1.165, 1.54) is 32.1 Å². The second kappa shape index (κ2) is 13.9. The van der Waals surface area contributed by atoms with Gasteiger partial charge in [0.25, 0.3) is 0 Å². The van der Waals surface area contributed by atoms with Crippen molar-refractivity contribution in [1.82, 2.24) is 0 Å². The van der Waals surface area contributed by atoms with Crippen LogP contribution in [0.4, 0.5) is 0 Å². The van der Waals surface area contributed by atoms with E-state index in [4.69, 9.17) is 19.7 Å². The van der Waals surface area contributed by atoms with Gasteiger partial charge >= 0.3 is 0 Å². The van der Waals surface area contributed by atoms with Crippen LogP contribution < -0.4 is 0 Å². The maximum Gasteiger partial charge on any atom is 0.186 e. The summed E-state index contributed by atoms with van der Waals surface area (Å²) in [6, 6.07) is 0. The van der Waals surface area contributed by atoms with Gasteiger partial charge in [-0.25, -0.2) is 0 Å². The summed E-state index contributed by atoms with van der Waals surface area (Å²) in [5, 5.41) is 46.7. The number of aliphatic hydroxyl groups is 5. The van der Waals surface area contributed by atoms with Crippen LogP contribution in [0.1, 0.15) is 64.2 Å². The average Bonchev–Trinajstić information content (AvgIpc) is 2.90. The zero-order valence-corrected chi connectivity index (χ0v) is 15.1. The summed E-state index contributed by atoms with van der Waals surface area (Å²) in [6.45, 7) is 0.187. The molecule has 1 fully saturated rings. The molecule has 5 atom stereocenters. The van der Waals surface area contributed by atoms with E-state index in [0.29, 0.717) is 13.2 Å². The number of aliphatic hydroxyl groups excluding tert-OH is 5. The van der Waals surface area contributed by atoms with E-state index in [2.05, 4.69) is 0 Å². The Morgan fingerprint density at radius 3 is 1.80 bits per heavy atom. The zero-order chi connectivity index (χ0) is 18.5. The van der Waals surface area contributed by atoms with Gasteiger partial charge in [-0.3, -0.25) is 0 Å². The van der Waals surface area contributed by atoms with Crippen molar-refractivity contribution >= 4 is 0 Å². The summed E-state index contributed by atoms with van der Waals surface area (Å²) < 4.78 is 10.7. The number of hydrogen-bond donors (Lipinski definition) is 5. The molecule has 5 N–H and O–H groups in total. The molecule has 0 spiro atoms. The molecular formula is C18H36O7. The summed E-state index contributed by atoms with van der Waals surface area (Å²) in [5.41, 5.74) is 0. The van der Waals surface area contributed by atoms with Gasteiger partial charge in [0.05, 0.1) is 6.61 Å². The largest absolute Gasteiger partial charge is 0.396 e. The van der Waals surface area contributed by atoms with Gasteiger partial charge in [0.2, 0.25) is 0 Å². The van der Waals surface area contributed by atoms with Crippen molar-refractivity contribution in [1.29, 1.82) is 0 Å². The first-order chi connectivity index (χ1) is 12.1. The molecule has 0 aromatic heterocycles. The van der Waals surface area contributed by atoms with Crippen LogP contribution in [0.15, 0.2) is 0 Å². The van der Waals surface area contributed by atoms with Crippen LogP contribution in [0.25, 0.3) is 0 Å². The molecule has 0 aromatic carbocycles. The van der Waals surface area contributed by atoms with Crippen LogP contribution in [0.3, 0.4) is 0 Å². The van der Waals surface area contributed by atoms with Crippen molar-refractivity contribution in [2.24, 2.45) is 0 Å². The first-order valence-electron chi connectivity index (χ1n) is 9.64. The number of hydrogen-bond acceptors (Lipinski definition) is 7. The number of unbranched alkanes of at least 4 members (excludes halogenated alkanes) is 9. The summed E-state index contributed by atoms with van der Waals surface area (Å²) in [7, 11) is 0. The van der Waals surface area contributed by atoms with Crippen LogP contribution in [0.5, 0.6) is 0 Å². The van der Waals surface area contributed by atoms with E-state index in [1.807, 2.05) is 0 Å². The summed E-state index contributed by atoms with van der Waals surface area (Å²) >= 11 is 0. The Kier molecular flexibility index (Phi) is 12.6. The van der Waals surface area contributed by atoms with Crippen LogP contribution >= 0.6 is 0 Å². The molecule has 7 nitrogen and oxygen atoms in total. The SMILES string of the molecule is OCCCCCCCCCCCCO[C@H]1O[C@@H]([C@H](O)CO)[C@H](O)[C@H]1O. The van der Waals surface area contributed by atoms with Crippen molar-refractivity contribution in [3.05, 3.63) is 0 Å². The fourth-order valence-electron chi connectivity index (χ4n) is 3.06. The highest BCUT2D eigenvalue weighted by Crippen LogP contribution is 2.24. The van der Waals surface area contributed by atoms with Crippen LogP contribution in [0, 0.1) is 0 Å². The average molecular weight is 364 g/mol. The fraction of sp³-hybridized carbons (Fsp3) is 1.00. The molecule has 1 heterocycles. The second-order valence-corrected chi connectivity index (χ2v) is 6.83. The zero-order valence-electron chi connectivity index (χ0n) is 15.1. The van der Waals surface area contributed by atoms with E-state index in [0.717, 1.165) is 32.1 Å². The molecule has 1 rings (SSSR count). The van der Waals surface area contributed by atoms with Crippen molar-refractivity contribution in [3.63, 3.8) is 0 Å². The Balaban J connectivity index is 1.96. The molecule has 1 saturated heterocycles. The minimum atomic E-state index is -1.26. The third-order valence-electron chi connectivity index (χ3n) is 4.66. The molecule has 25 heavy (non-hydrogen) atoms.